The van der Waals surface area contributed by atoms with Crippen LogP contribution in [-0.4, -0.2) is 18.5 Å². The summed E-state index contributed by atoms with van der Waals surface area (Å²) in [5.41, 5.74) is 4.88. The van der Waals surface area contributed by atoms with Gasteiger partial charge in [-0.05, 0) is 37.1 Å². The molecule has 2 aromatic carbocycles. The van der Waals surface area contributed by atoms with Gasteiger partial charge in [0.05, 0.1) is 17.9 Å². The molecule has 1 saturated carbocycles. The largest absolute Gasteiger partial charge is 0.306 e. The van der Waals surface area contributed by atoms with Gasteiger partial charge in [0, 0.05) is 6.04 Å². The van der Waals surface area contributed by atoms with Crippen LogP contribution in [0, 0.1) is 0 Å². The molecular formula is C19H23N3O. The fourth-order valence-corrected chi connectivity index (χ4v) is 2.96. The van der Waals surface area contributed by atoms with Crippen LogP contribution < -0.4 is 15.8 Å². The Bertz CT molecular complexity index is 570. The zero-order valence-corrected chi connectivity index (χ0v) is 13.2. The third-order valence-corrected chi connectivity index (χ3v) is 4.17. The molecule has 0 radical (unpaired) electrons. The average molecular weight is 309 g/mol. The van der Waals surface area contributed by atoms with E-state index in [1.54, 1.807) is 0 Å². The van der Waals surface area contributed by atoms with Gasteiger partial charge in [0.15, 0.2) is 0 Å². The minimum Gasteiger partial charge on any atom is -0.306 e. The number of anilines is 2. The molecule has 2 N–H and O–H groups in total. The minimum atomic E-state index is -0.0235. The van der Waals surface area contributed by atoms with Gasteiger partial charge in [-0.3, -0.25) is 15.2 Å². The van der Waals surface area contributed by atoms with Gasteiger partial charge in [0.25, 0.3) is 5.91 Å². The monoisotopic (exact) mass is 309 g/mol. The van der Waals surface area contributed by atoms with Crippen molar-refractivity contribution in [3.8, 4) is 0 Å². The van der Waals surface area contributed by atoms with E-state index in [9.17, 15) is 4.79 Å². The maximum Gasteiger partial charge on any atom is 0.252 e. The molecule has 0 saturated heterocycles. The van der Waals surface area contributed by atoms with Crippen molar-refractivity contribution in [3.05, 3.63) is 60.7 Å². The SMILES string of the molecule is O=C(CNC1CCCC1)NN(c1ccccc1)c1ccccc1. The molecule has 120 valence electrons. The fourth-order valence-electron chi connectivity index (χ4n) is 2.96. The van der Waals surface area contributed by atoms with Crippen molar-refractivity contribution >= 4 is 17.3 Å². The number of rotatable bonds is 6. The summed E-state index contributed by atoms with van der Waals surface area (Å²) < 4.78 is 0. The van der Waals surface area contributed by atoms with Crippen LogP contribution in [0.3, 0.4) is 0 Å². The maximum absolute atomic E-state index is 12.3. The Balaban J connectivity index is 1.67. The van der Waals surface area contributed by atoms with Crippen molar-refractivity contribution in [1.82, 2.24) is 10.7 Å². The molecule has 2 aromatic rings. The average Bonchev–Trinajstić information content (AvgIpc) is 3.13. The molecule has 4 heteroatoms. The summed E-state index contributed by atoms with van der Waals surface area (Å²) in [4.78, 5) is 12.3. The summed E-state index contributed by atoms with van der Waals surface area (Å²) in [5, 5.41) is 5.18. The summed E-state index contributed by atoms with van der Waals surface area (Å²) in [6.07, 6.45) is 4.88. The molecule has 1 fully saturated rings. The molecule has 0 bridgehead atoms. The van der Waals surface area contributed by atoms with Crippen LogP contribution in [0.4, 0.5) is 11.4 Å². The highest BCUT2D eigenvalue weighted by molar-refractivity contribution is 5.82. The summed E-state index contributed by atoms with van der Waals surface area (Å²) in [6.45, 7) is 0.348. The van der Waals surface area contributed by atoms with Crippen LogP contribution in [0.2, 0.25) is 0 Å². The van der Waals surface area contributed by atoms with Crippen LogP contribution in [0.15, 0.2) is 60.7 Å². The first-order valence-electron chi connectivity index (χ1n) is 8.26. The van der Waals surface area contributed by atoms with E-state index in [1.165, 1.54) is 25.7 Å². The number of hydrazine groups is 1. The third-order valence-electron chi connectivity index (χ3n) is 4.17. The summed E-state index contributed by atoms with van der Waals surface area (Å²) in [5.74, 6) is -0.0235. The highest BCUT2D eigenvalue weighted by Crippen LogP contribution is 2.22. The molecular weight excluding hydrogens is 286 g/mol. The Morgan fingerprint density at radius 1 is 0.913 bits per heavy atom. The van der Waals surface area contributed by atoms with Gasteiger partial charge in [-0.2, -0.15) is 0 Å². The van der Waals surface area contributed by atoms with E-state index in [-0.39, 0.29) is 5.91 Å². The highest BCUT2D eigenvalue weighted by atomic mass is 16.2. The Labute approximate surface area is 137 Å². The number of para-hydroxylation sites is 2. The Morgan fingerprint density at radius 3 is 1.96 bits per heavy atom. The molecule has 1 aliphatic carbocycles. The van der Waals surface area contributed by atoms with Gasteiger partial charge in [0.2, 0.25) is 0 Å². The smallest absolute Gasteiger partial charge is 0.252 e. The van der Waals surface area contributed by atoms with E-state index < -0.39 is 0 Å². The Hall–Kier alpha value is -2.33. The van der Waals surface area contributed by atoms with Crippen molar-refractivity contribution in [2.75, 3.05) is 11.6 Å². The minimum absolute atomic E-state index is 0.0235. The van der Waals surface area contributed by atoms with Crippen LogP contribution in [0.1, 0.15) is 25.7 Å². The molecule has 0 unspecified atom stereocenters. The second-order valence-electron chi connectivity index (χ2n) is 5.90. The maximum atomic E-state index is 12.3. The second kappa shape index (κ2) is 7.79. The number of carbonyl (C=O) groups is 1. The number of amides is 1. The van der Waals surface area contributed by atoms with Gasteiger partial charge in [-0.1, -0.05) is 49.2 Å². The first-order chi connectivity index (χ1) is 11.3. The van der Waals surface area contributed by atoms with Crippen molar-refractivity contribution < 1.29 is 4.79 Å². The number of nitrogens with one attached hydrogen (secondary N) is 2. The van der Waals surface area contributed by atoms with Gasteiger partial charge in [-0.15, -0.1) is 0 Å². The lowest BCUT2D eigenvalue weighted by molar-refractivity contribution is -0.120. The number of benzene rings is 2. The molecule has 0 spiro atoms. The third kappa shape index (κ3) is 4.33. The molecule has 0 aliphatic heterocycles. The fraction of sp³-hybridized carbons (Fsp3) is 0.316. The van der Waals surface area contributed by atoms with Gasteiger partial charge in [-0.25, -0.2) is 0 Å². The predicted molar refractivity (Wildman–Crippen MR) is 93.4 cm³/mol. The molecule has 3 rings (SSSR count). The van der Waals surface area contributed by atoms with E-state index in [1.807, 2.05) is 65.7 Å². The first kappa shape index (κ1) is 15.6. The number of nitrogens with zero attached hydrogens (tertiary/aromatic N) is 1. The van der Waals surface area contributed by atoms with Crippen LogP contribution in [0.25, 0.3) is 0 Å². The molecule has 4 nitrogen and oxygen atoms in total. The quantitative estimate of drug-likeness (QED) is 0.804. The number of hydrogen-bond donors (Lipinski definition) is 2. The van der Waals surface area contributed by atoms with E-state index in [0.717, 1.165) is 11.4 Å². The Morgan fingerprint density at radius 2 is 1.43 bits per heavy atom. The zero-order chi connectivity index (χ0) is 15.9. The van der Waals surface area contributed by atoms with Crippen LogP contribution >= 0.6 is 0 Å². The van der Waals surface area contributed by atoms with E-state index in [0.29, 0.717) is 12.6 Å². The summed E-state index contributed by atoms with van der Waals surface area (Å²) >= 11 is 0. The molecule has 1 amide bonds. The van der Waals surface area contributed by atoms with Crippen LogP contribution in [-0.2, 0) is 4.79 Å². The lowest BCUT2D eigenvalue weighted by Crippen LogP contribution is -2.45. The lowest BCUT2D eigenvalue weighted by atomic mass is 10.2. The molecule has 0 aromatic heterocycles. The van der Waals surface area contributed by atoms with Crippen molar-refractivity contribution in [1.29, 1.82) is 0 Å². The summed E-state index contributed by atoms with van der Waals surface area (Å²) in [7, 11) is 0. The molecule has 0 heterocycles. The van der Waals surface area contributed by atoms with Gasteiger partial charge < -0.3 is 5.32 Å². The first-order valence-corrected chi connectivity index (χ1v) is 8.26. The normalized spacial score (nSPS) is 14.6. The van der Waals surface area contributed by atoms with Gasteiger partial charge in [0.1, 0.15) is 0 Å². The molecule has 0 atom stereocenters. The van der Waals surface area contributed by atoms with E-state index >= 15 is 0 Å². The van der Waals surface area contributed by atoms with Gasteiger partial charge >= 0.3 is 0 Å². The van der Waals surface area contributed by atoms with E-state index in [4.69, 9.17) is 0 Å². The Kier molecular flexibility index (Phi) is 5.27. The van der Waals surface area contributed by atoms with Crippen molar-refractivity contribution in [3.63, 3.8) is 0 Å². The van der Waals surface area contributed by atoms with E-state index in [2.05, 4.69) is 10.7 Å². The standard InChI is InChI=1S/C19H23N3O/c23-19(15-20-16-9-7-8-10-16)21-22(17-11-3-1-4-12-17)18-13-5-2-6-14-18/h1-6,11-14,16,20H,7-10,15H2,(H,21,23). The second-order valence-corrected chi connectivity index (χ2v) is 5.90. The number of hydrogen-bond acceptors (Lipinski definition) is 3. The molecule has 1 aliphatic rings. The highest BCUT2D eigenvalue weighted by Gasteiger charge is 2.17. The number of carbonyl (C=O) groups excluding carboxylic acids is 1. The predicted octanol–water partition coefficient (Wildman–Crippen LogP) is 3.39. The van der Waals surface area contributed by atoms with Crippen LogP contribution in [0.5, 0.6) is 0 Å². The van der Waals surface area contributed by atoms with Crippen molar-refractivity contribution in [2.24, 2.45) is 0 Å². The topological polar surface area (TPSA) is 44.4 Å². The zero-order valence-electron chi connectivity index (χ0n) is 13.2. The van der Waals surface area contributed by atoms with Crippen molar-refractivity contribution in [2.45, 2.75) is 31.7 Å². The lowest BCUT2D eigenvalue weighted by Gasteiger charge is -2.26. The summed E-state index contributed by atoms with van der Waals surface area (Å²) in [6, 6.07) is 20.2. The molecule has 23 heavy (non-hydrogen) atoms.